The zero-order chi connectivity index (χ0) is 15.1. The Labute approximate surface area is 119 Å². The molecule has 0 amide bonds. The van der Waals surface area contributed by atoms with Crippen molar-refractivity contribution >= 4 is 11.6 Å². The lowest BCUT2D eigenvalue weighted by Gasteiger charge is -2.29. The number of aromatic nitrogens is 2. The van der Waals surface area contributed by atoms with Gasteiger partial charge < -0.3 is 9.84 Å². The highest BCUT2D eigenvalue weighted by Crippen LogP contribution is 2.43. The molecule has 2 heterocycles. The maximum atomic E-state index is 13.3. The van der Waals surface area contributed by atoms with Gasteiger partial charge in [0.15, 0.2) is 6.23 Å². The topological polar surface area (TPSA) is 84.3 Å². The highest BCUT2D eigenvalue weighted by molar-refractivity contribution is 6.18. The average molecular weight is 307 g/mol. The molecule has 0 spiro atoms. The second-order valence-electron chi connectivity index (χ2n) is 4.98. The molecular weight excluding hydrogens is 291 g/mol. The van der Waals surface area contributed by atoms with Crippen molar-refractivity contribution in [1.82, 2.24) is 9.55 Å². The number of aromatic amines is 1. The molecule has 1 saturated heterocycles. The minimum atomic E-state index is -1.12. The number of nitrogens with one attached hydrogen (secondary N) is 1. The van der Waals surface area contributed by atoms with Gasteiger partial charge in [-0.25, -0.2) is 4.79 Å². The van der Waals surface area contributed by atoms with Gasteiger partial charge >= 0.3 is 5.69 Å². The van der Waals surface area contributed by atoms with E-state index in [-0.39, 0.29) is 11.8 Å². The summed E-state index contributed by atoms with van der Waals surface area (Å²) >= 11 is 5.92. The van der Waals surface area contributed by atoms with Crippen LogP contribution in [0.1, 0.15) is 26.5 Å². The van der Waals surface area contributed by atoms with Crippen molar-refractivity contribution < 1.29 is 14.2 Å². The average Bonchev–Trinajstić information content (AvgIpc) is 2.68. The van der Waals surface area contributed by atoms with Crippen LogP contribution in [0.3, 0.4) is 0 Å². The number of H-pyrrole nitrogens is 1. The summed E-state index contributed by atoms with van der Waals surface area (Å²) in [4.78, 5) is 24.6. The van der Waals surface area contributed by atoms with Crippen LogP contribution in [0.25, 0.3) is 0 Å². The fourth-order valence-electron chi connectivity index (χ4n) is 2.50. The molecule has 0 saturated carbocycles. The lowest BCUT2D eigenvalue weighted by atomic mass is 9.86. The van der Waals surface area contributed by atoms with E-state index in [9.17, 15) is 19.1 Å². The summed E-state index contributed by atoms with van der Waals surface area (Å²) in [6.45, 7) is 3.60. The lowest BCUT2D eigenvalue weighted by Crippen LogP contribution is -2.37. The summed E-state index contributed by atoms with van der Waals surface area (Å²) in [5.74, 6) is -1.32. The van der Waals surface area contributed by atoms with Crippen molar-refractivity contribution in [3.05, 3.63) is 32.9 Å². The zero-order valence-corrected chi connectivity index (χ0v) is 11.9. The summed E-state index contributed by atoms with van der Waals surface area (Å²) in [5, 5.41) is 10.2. The van der Waals surface area contributed by atoms with E-state index in [1.54, 1.807) is 6.92 Å². The van der Waals surface area contributed by atoms with Gasteiger partial charge in [0.2, 0.25) is 5.82 Å². The summed E-state index contributed by atoms with van der Waals surface area (Å²) in [6.07, 6.45) is -0.840. The minimum Gasteiger partial charge on any atom is -0.388 e. The fraction of sp³-hybridized carbons (Fsp3) is 0.667. The van der Waals surface area contributed by atoms with Crippen LogP contribution in [-0.4, -0.2) is 32.2 Å². The SMILES string of the molecule is CC[C@@]1(CCl)O[C@@H](n2cc(F)c(=O)[nH]c2=O)[C@@H](O)[C@@H]1C. The highest BCUT2D eigenvalue weighted by Gasteiger charge is 2.51. The molecule has 1 fully saturated rings. The fourth-order valence-corrected chi connectivity index (χ4v) is 3.00. The number of hydrogen-bond donors (Lipinski definition) is 2. The molecule has 1 aliphatic rings. The van der Waals surface area contributed by atoms with Crippen LogP contribution in [0, 0.1) is 11.7 Å². The van der Waals surface area contributed by atoms with E-state index < -0.39 is 35.0 Å². The van der Waals surface area contributed by atoms with Crippen LogP contribution in [-0.2, 0) is 4.74 Å². The van der Waals surface area contributed by atoms with Crippen LogP contribution >= 0.6 is 11.6 Å². The number of aliphatic hydroxyl groups excluding tert-OH is 1. The van der Waals surface area contributed by atoms with Gasteiger partial charge in [0.25, 0.3) is 5.56 Å². The summed E-state index contributed by atoms with van der Waals surface area (Å²) in [7, 11) is 0. The zero-order valence-electron chi connectivity index (χ0n) is 11.1. The molecule has 112 valence electrons. The summed E-state index contributed by atoms with van der Waals surface area (Å²) in [6, 6.07) is 0. The number of hydrogen-bond acceptors (Lipinski definition) is 4. The monoisotopic (exact) mass is 306 g/mol. The van der Waals surface area contributed by atoms with Gasteiger partial charge in [0, 0.05) is 5.92 Å². The molecule has 0 unspecified atom stereocenters. The van der Waals surface area contributed by atoms with Crippen LogP contribution in [0.15, 0.2) is 15.8 Å². The summed E-state index contributed by atoms with van der Waals surface area (Å²) < 4.78 is 19.9. The van der Waals surface area contributed by atoms with Crippen molar-refractivity contribution in [1.29, 1.82) is 0 Å². The van der Waals surface area contributed by atoms with Gasteiger partial charge in [-0.1, -0.05) is 13.8 Å². The molecule has 6 nitrogen and oxygen atoms in total. The number of nitrogens with zero attached hydrogens (tertiary/aromatic N) is 1. The standard InChI is InChI=1S/C12H16ClFN2O4/c1-3-12(5-13)6(2)8(17)10(20-12)16-4-7(14)9(18)15-11(16)19/h4,6,8,10,17H,3,5H2,1-2H3,(H,15,18,19)/t6-,8-,10+,12-/m0/s1. The predicted octanol–water partition coefficient (Wildman–Crippen LogP) is 0.589. The summed E-state index contributed by atoms with van der Waals surface area (Å²) in [5.41, 5.74) is -2.74. The molecule has 2 N–H and O–H groups in total. The Morgan fingerprint density at radius 2 is 2.25 bits per heavy atom. The van der Waals surface area contributed by atoms with Gasteiger partial charge in [-0.05, 0) is 6.42 Å². The first-order valence-corrected chi connectivity index (χ1v) is 6.82. The third-order valence-corrected chi connectivity index (χ3v) is 4.47. The minimum absolute atomic E-state index is 0.138. The molecule has 0 radical (unpaired) electrons. The van der Waals surface area contributed by atoms with Crippen LogP contribution in [0.5, 0.6) is 0 Å². The van der Waals surface area contributed by atoms with Crippen molar-refractivity contribution in [3.8, 4) is 0 Å². The van der Waals surface area contributed by atoms with Crippen LogP contribution in [0.4, 0.5) is 4.39 Å². The van der Waals surface area contributed by atoms with Crippen molar-refractivity contribution in [3.63, 3.8) is 0 Å². The number of ether oxygens (including phenoxy) is 1. The first-order valence-electron chi connectivity index (χ1n) is 6.29. The van der Waals surface area contributed by atoms with Crippen LogP contribution in [0.2, 0.25) is 0 Å². The molecule has 1 aromatic rings. The third-order valence-electron chi connectivity index (χ3n) is 4.01. The number of alkyl halides is 1. The van der Waals surface area contributed by atoms with Gasteiger partial charge in [0.1, 0.15) is 6.10 Å². The van der Waals surface area contributed by atoms with E-state index in [2.05, 4.69) is 0 Å². The molecule has 4 atom stereocenters. The Kier molecular flexibility index (Phi) is 4.04. The number of aliphatic hydroxyl groups is 1. The molecule has 1 aliphatic heterocycles. The molecule has 0 bridgehead atoms. The Hall–Kier alpha value is -1.18. The third kappa shape index (κ3) is 2.19. The molecule has 8 heteroatoms. The molecule has 0 aliphatic carbocycles. The van der Waals surface area contributed by atoms with E-state index in [0.717, 1.165) is 10.8 Å². The Bertz CT molecular complexity index is 610. The predicted molar refractivity (Wildman–Crippen MR) is 70.3 cm³/mol. The van der Waals surface area contributed by atoms with Gasteiger partial charge in [-0.15, -0.1) is 11.6 Å². The molecule has 1 aromatic heterocycles. The Balaban J connectivity index is 2.47. The first kappa shape index (κ1) is 15.2. The van der Waals surface area contributed by atoms with E-state index in [1.165, 1.54) is 0 Å². The van der Waals surface area contributed by atoms with E-state index >= 15 is 0 Å². The lowest BCUT2D eigenvalue weighted by molar-refractivity contribution is -0.0852. The maximum Gasteiger partial charge on any atom is 0.330 e. The van der Waals surface area contributed by atoms with Gasteiger partial charge in [0.05, 0.1) is 17.7 Å². The highest BCUT2D eigenvalue weighted by atomic mass is 35.5. The van der Waals surface area contributed by atoms with Crippen molar-refractivity contribution in [2.24, 2.45) is 5.92 Å². The van der Waals surface area contributed by atoms with Crippen molar-refractivity contribution in [2.75, 3.05) is 5.88 Å². The molecular formula is C12H16ClFN2O4. The Morgan fingerprint density at radius 3 is 2.75 bits per heavy atom. The molecule has 0 aromatic carbocycles. The first-order chi connectivity index (χ1) is 9.36. The second-order valence-corrected chi connectivity index (χ2v) is 5.25. The normalized spacial score (nSPS) is 33.5. The van der Waals surface area contributed by atoms with E-state index in [1.807, 2.05) is 11.9 Å². The number of rotatable bonds is 3. The second kappa shape index (κ2) is 5.31. The van der Waals surface area contributed by atoms with Crippen LogP contribution < -0.4 is 11.2 Å². The van der Waals surface area contributed by atoms with E-state index in [4.69, 9.17) is 16.3 Å². The largest absolute Gasteiger partial charge is 0.388 e. The van der Waals surface area contributed by atoms with Gasteiger partial charge in [-0.3, -0.25) is 14.3 Å². The van der Waals surface area contributed by atoms with E-state index in [0.29, 0.717) is 6.42 Å². The Morgan fingerprint density at radius 1 is 1.60 bits per heavy atom. The molecule has 2 rings (SSSR count). The van der Waals surface area contributed by atoms with Gasteiger partial charge in [-0.2, -0.15) is 4.39 Å². The number of halogens is 2. The maximum absolute atomic E-state index is 13.3. The molecule has 20 heavy (non-hydrogen) atoms. The smallest absolute Gasteiger partial charge is 0.330 e. The van der Waals surface area contributed by atoms with Crippen molar-refractivity contribution in [2.45, 2.75) is 38.2 Å². The quantitative estimate of drug-likeness (QED) is 0.801.